The van der Waals surface area contributed by atoms with Crippen LogP contribution in [0.1, 0.15) is 36.8 Å². The predicted molar refractivity (Wildman–Crippen MR) is 125 cm³/mol. The van der Waals surface area contributed by atoms with E-state index in [2.05, 4.69) is 0 Å². The lowest BCUT2D eigenvalue weighted by atomic mass is 10.1. The van der Waals surface area contributed by atoms with E-state index in [-0.39, 0.29) is 30.0 Å². The lowest BCUT2D eigenvalue weighted by molar-refractivity contribution is -0.121. The Balaban J connectivity index is 1.56. The van der Waals surface area contributed by atoms with Gasteiger partial charge in [-0.3, -0.25) is 9.59 Å². The lowest BCUT2D eigenvalue weighted by Crippen LogP contribution is -2.25. The Kier molecular flexibility index (Phi) is 8.66. The molecule has 33 heavy (non-hydrogen) atoms. The first-order chi connectivity index (χ1) is 16.0. The fraction of sp³-hybridized carbons (Fsp3) is 0.308. The van der Waals surface area contributed by atoms with Crippen molar-refractivity contribution in [2.75, 3.05) is 20.8 Å². The number of aromatic hydroxyl groups is 1. The number of benzene rings is 2. The van der Waals surface area contributed by atoms with Crippen molar-refractivity contribution in [3.8, 4) is 23.0 Å². The number of allylic oxidation sites excluding steroid dienone is 2. The van der Waals surface area contributed by atoms with Crippen LogP contribution in [-0.2, 0) is 14.3 Å². The van der Waals surface area contributed by atoms with E-state index < -0.39 is 0 Å². The average Bonchev–Trinajstić information content (AvgIpc) is 2.83. The topological polar surface area (TPSA) is 91.3 Å². The summed E-state index contributed by atoms with van der Waals surface area (Å²) in [6, 6.07) is 10.1. The molecule has 174 valence electrons. The van der Waals surface area contributed by atoms with Crippen LogP contribution in [0, 0.1) is 0 Å². The molecule has 3 rings (SSSR count). The number of ketones is 2. The molecule has 1 unspecified atom stereocenters. The van der Waals surface area contributed by atoms with Crippen molar-refractivity contribution in [1.29, 1.82) is 0 Å². The zero-order valence-corrected chi connectivity index (χ0v) is 18.8. The number of ether oxygens (including phenoxy) is 4. The van der Waals surface area contributed by atoms with Gasteiger partial charge >= 0.3 is 0 Å². The van der Waals surface area contributed by atoms with Gasteiger partial charge in [0.2, 0.25) is 0 Å². The van der Waals surface area contributed by atoms with Crippen LogP contribution in [0.15, 0.2) is 48.6 Å². The standard InChI is InChI=1S/C26H28O7/c1-30-24-15-18(8-12-22(24)29)6-10-20(27)17-21(28)11-7-19-9-13-23(25(16-19)31-2)33-26-5-3-4-14-32-26/h6-13,15-16,26,29H,3-5,14,17H2,1-2H3/b10-6+,11-7+. The largest absolute Gasteiger partial charge is 0.504 e. The van der Waals surface area contributed by atoms with Gasteiger partial charge in [-0.25, -0.2) is 0 Å². The van der Waals surface area contributed by atoms with Crippen LogP contribution in [0.2, 0.25) is 0 Å². The first-order valence-electron chi connectivity index (χ1n) is 10.7. The van der Waals surface area contributed by atoms with Gasteiger partial charge in [-0.15, -0.1) is 0 Å². The molecule has 0 saturated carbocycles. The number of carbonyl (C=O) groups excluding carboxylic acids is 2. The molecule has 1 aliphatic heterocycles. The summed E-state index contributed by atoms with van der Waals surface area (Å²) in [7, 11) is 3.00. The Morgan fingerprint density at radius 1 is 0.939 bits per heavy atom. The second-order valence-electron chi connectivity index (χ2n) is 7.53. The third kappa shape index (κ3) is 7.22. The molecule has 1 saturated heterocycles. The Hall–Kier alpha value is -3.58. The van der Waals surface area contributed by atoms with Crippen molar-refractivity contribution in [3.05, 3.63) is 59.7 Å². The highest BCUT2D eigenvalue weighted by atomic mass is 16.7. The summed E-state index contributed by atoms with van der Waals surface area (Å²) in [4.78, 5) is 24.3. The third-order valence-corrected chi connectivity index (χ3v) is 5.06. The smallest absolute Gasteiger partial charge is 0.200 e. The van der Waals surface area contributed by atoms with Crippen LogP contribution in [0.3, 0.4) is 0 Å². The number of carbonyl (C=O) groups is 2. The maximum atomic E-state index is 12.2. The van der Waals surface area contributed by atoms with E-state index >= 15 is 0 Å². The Morgan fingerprint density at radius 3 is 2.18 bits per heavy atom. The molecule has 1 heterocycles. The van der Waals surface area contributed by atoms with Gasteiger partial charge in [-0.1, -0.05) is 24.3 Å². The van der Waals surface area contributed by atoms with Crippen molar-refractivity contribution < 1.29 is 33.6 Å². The molecule has 1 atom stereocenters. The molecule has 0 bridgehead atoms. The number of rotatable bonds is 10. The second-order valence-corrected chi connectivity index (χ2v) is 7.53. The predicted octanol–water partition coefficient (Wildman–Crippen LogP) is 4.57. The first kappa shape index (κ1) is 24.1. The molecular weight excluding hydrogens is 424 g/mol. The van der Waals surface area contributed by atoms with E-state index in [9.17, 15) is 14.7 Å². The van der Waals surface area contributed by atoms with Gasteiger partial charge in [0.25, 0.3) is 0 Å². The maximum absolute atomic E-state index is 12.2. The van der Waals surface area contributed by atoms with Crippen molar-refractivity contribution in [1.82, 2.24) is 0 Å². The van der Waals surface area contributed by atoms with E-state index in [1.54, 1.807) is 43.5 Å². The second kappa shape index (κ2) is 11.9. The van der Waals surface area contributed by atoms with Gasteiger partial charge in [0, 0.05) is 6.42 Å². The SMILES string of the molecule is COc1cc(/C=C/C(=O)CC(=O)/C=C/c2ccc(OC3CCCCO3)c(OC)c2)ccc1O. The fourth-order valence-corrected chi connectivity index (χ4v) is 3.30. The normalized spacial score (nSPS) is 16.1. The van der Waals surface area contributed by atoms with E-state index in [0.717, 1.165) is 24.8 Å². The van der Waals surface area contributed by atoms with Crippen molar-refractivity contribution in [3.63, 3.8) is 0 Å². The van der Waals surface area contributed by atoms with Crippen LogP contribution in [0.4, 0.5) is 0 Å². The zero-order chi connectivity index (χ0) is 23.6. The summed E-state index contributed by atoms with van der Waals surface area (Å²) in [6.45, 7) is 0.687. The summed E-state index contributed by atoms with van der Waals surface area (Å²) in [5.74, 6) is 0.802. The molecule has 1 N–H and O–H groups in total. The van der Waals surface area contributed by atoms with Crippen molar-refractivity contribution >= 4 is 23.7 Å². The van der Waals surface area contributed by atoms with Gasteiger partial charge in [-0.2, -0.15) is 0 Å². The minimum absolute atomic E-state index is 0.0137. The lowest BCUT2D eigenvalue weighted by Gasteiger charge is -2.24. The number of methoxy groups -OCH3 is 2. The molecular formula is C26H28O7. The van der Waals surface area contributed by atoms with Gasteiger partial charge in [0.05, 0.1) is 27.2 Å². The highest BCUT2D eigenvalue weighted by molar-refractivity contribution is 6.10. The number of phenols is 1. The van der Waals surface area contributed by atoms with E-state index in [1.165, 1.54) is 25.3 Å². The molecule has 7 heteroatoms. The molecule has 7 nitrogen and oxygen atoms in total. The van der Waals surface area contributed by atoms with Crippen LogP contribution in [0.25, 0.3) is 12.2 Å². The average molecular weight is 453 g/mol. The summed E-state index contributed by atoms with van der Waals surface area (Å²) < 4.78 is 21.9. The van der Waals surface area contributed by atoms with Crippen molar-refractivity contribution in [2.45, 2.75) is 32.0 Å². The zero-order valence-electron chi connectivity index (χ0n) is 18.8. The first-order valence-corrected chi connectivity index (χ1v) is 10.7. The van der Waals surface area contributed by atoms with Crippen LogP contribution < -0.4 is 14.2 Å². The van der Waals surface area contributed by atoms with Gasteiger partial charge in [0.1, 0.15) is 0 Å². The molecule has 1 fully saturated rings. The molecule has 2 aromatic carbocycles. The minimum atomic E-state index is -0.328. The number of phenolic OH excluding ortho intramolecular Hbond substituents is 1. The summed E-state index contributed by atoms with van der Waals surface area (Å²) in [6.07, 6.45) is 8.31. The van der Waals surface area contributed by atoms with Gasteiger partial charge < -0.3 is 24.1 Å². The molecule has 0 aromatic heterocycles. The van der Waals surface area contributed by atoms with Crippen LogP contribution in [0.5, 0.6) is 23.0 Å². The highest BCUT2D eigenvalue weighted by Gasteiger charge is 2.17. The quantitative estimate of drug-likeness (QED) is 0.417. The molecule has 0 spiro atoms. The summed E-state index contributed by atoms with van der Waals surface area (Å²) in [5.41, 5.74) is 1.42. The van der Waals surface area contributed by atoms with Crippen LogP contribution in [-0.4, -0.2) is 43.8 Å². The van der Waals surface area contributed by atoms with Gasteiger partial charge in [0.15, 0.2) is 40.9 Å². The minimum Gasteiger partial charge on any atom is -0.504 e. The molecule has 2 aromatic rings. The maximum Gasteiger partial charge on any atom is 0.200 e. The van der Waals surface area contributed by atoms with Crippen LogP contribution >= 0.6 is 0 Å². The Labute approximate surface area is 193 Å². The Bertz CT molecular complexity index is 1030. The summed E-state index contributed by atoms with van der Waals surface area (Å²) >= 11 is 0. The van der Waals surface area contributed by atoms with E-state index in [1.807, 2.05) is 6.07 Å². The Morgan fingerprint density at radius 2 is 1.58 bits per heavy atom. The number of hydrogen-bond donors (Lipinski definition) is 1. The van der Waals surface area contributed by atoms with E-state index in [0.29, 0.717) is 29.4 Å². The monoisotopic (exact) mass is 452 g/mol. The number of hydrogen-bond acceptors (Lipinski definition) is 7. The molecule has 1 aliphatic rings. The molecule has 0 radical (unpaired) electrons. The fourth-order valence-electron chi connectivity index (χ4n) is 3.30. The van der Waals surface area contributed by atoms with Gasteiger partial charge in [-0.05, 0) is 60.4 Å². The molecule has 0 amide bonds. The van der Waals surface area contributed by atoms with E-state index in [4.69, 9.17) is 18.9 Å². The van der Waals surface area contributed by atoms with Crippen molar-refractivity contribution in [2.24, 2.45) is 0 Å². The molecule has 0 aliphatic carbocycles. The summed E-state index contributed by atoms with van der Waals surface area (Å²) in [5, 5.41) is 9.62. The highest BCUT2D eigenvalue weighted by Crippen LogP contribution is 2.31. The third-order valence-electron chi connectivity index (χ3n) is 5.06.